The lowest BCUT2D eigenvalue weighted by molar-refractivity contribution is 0.589. The summed E-state index contributed by atoms with van der Waals surface area (Å²) >= 11 is 0. The van der Waals surface area contributed by atoms with Crippen molar-refractivity contribution in [3.8, 4) is 0 Å². The fraction of sp³-hybridized carbons (Fsp3) is 0.458. The zero-order valence-corrected chi connectivity index (χ0v) is 18.0. The van der Waals surface area contributed by atoms with E-state index in [0.717, 1.165) is 24.7 Å². The molecule has 30 heavy (non-hydrogen) atoms. The van der Waals surface area contributed by atoms with Crippen LogP contribution in [0.2, 0.25) is 0 Å². The summed E-state index contributed by atoms with van der Waals surface area (Å²) in [6, 6.07) is 15.9. The van der Waals surface area contributed by atoms with E-state index in [1.165, 1.54) is 42.0 Å². The number of hydrogen-bond acceptors (Lipinski definition) is 3. The Balaban J connectivity index is 1.46. The first-order valence-electron chi connectivity index (χ1n) is 11.2. The molecular formula is C24H32N6. The molecule has 0 spiro atoms. The van der Waals surface area contributed by atoms with Crippen LogP contribution in [0.15, 0.2) is 53.8 Å². The number of aromatic nitrogens is 3. The van der Waals surface area contributed by atoms with E-state index in [2.05, 4.69) is 81.7 Å². The Labute approximate surface area is 178 Å². The van der Waals surface area contributed by atoms with Crippen LogP contribution < -0.4 is 10.6 Å². The number of aryl methyl sites for hydroxylation is 1. The molecule has 1 saturated carbocycles. The summed E-state index contributed by atoms with van der Waals surface area (Å²) in [6.45, 7) is 5.78. The Kier molecular flexibility index (Phi) is 6.62. The first-order valence-corrected chi connectivity index (χ1v) is 11.2. The van der Waals surface area contributed by atoms with E-state index in [0.29, 0.717) is 12.6 Å². The fourth-order valence-electron chi connectivity index (χ4n) is 4.17. The van der Waals surface area contributed by atoms with Gasteiger partial charge in [-0.1, -0.05) is 56.2 Å². The Hall–Kier alpha value is -2.89. The average molecular weight is 405 g/mol. The molecule has 1 fully saturated rings. The normalized spacial score (nSPS) is 16.1. The van der Waals surface area contributed by atoms with E-state index in [1.54, 1.807) is 6.33 Å². The number of nitrogens with zero attached hydrogens (tertiary/aromatic N) is 4. The summed E-state index contributed by atoms with van der Waals surface area (Å²) in [7, 11) is 0. The molecule has 2 aromatic carbocycles. The number of fused-ring (bicyclic) bond motifs is 1. The van der Waals surface area contributed by atoms with Crippen molar-refractivity contribution in [1.29, 1.82) is 0 Å². The fourth-order valence-corrected chi connectivity index (χ4v) is 4.17. The SMILES string of the molecule is CCc1nncn1CCN=C(NC1CCCC1)NC(C)c1ccc2ccccc2c1. The molecule has 0 radical (unpaired) electrons. The van der Waals surface area contributed by atoms with Crippen LogP contribution in [0, 0.1) is 0 Å². The molecule has 0 aliphatic heterocycles. The molecule has 3 aromatic rings. The first-order chi connectivity index (χ1) is 14.7. The molecule has 0 amide bonds. The van der Waals surface area contributed by atoms with Crippen LogP contribution in [0.3, 0.4) is 0 Å². The van der Waals surface area contributed by atoms with Crippen LogP contribution in [0.1, 0.15) is 57.0 Å². The van der Waals surface area contributed by atoms with Crippen molar-refractivity contribution in [2.24, 2.45) is 4.99 Å². The predicted molar refractivity (Wildman–Crippen MR) is 123 cm³/mol. The van der Waals surface area contributed by atoms with E-state index in [1.807, 2.05) is 0 Å². The largest absolute Gasteiger partial charge is 0.354 e. The Morgan fingerprint density at radius 2 is 1.97 bits per heavy atom. The van der Waals surface area contributed by atoms with Crippen molar-refractivity contribution in [3.05, 3.63) is 60.2 Å². The van der Waals surface area contributed by atoms with Crippen LogP contribution in [0.5, 0.6) is 0 Å². The topological polar surface area (TPSA) is 67.1 Å². The lowest BCUT2D eigenvalue weighted by atomic mass is 10.0. The van der Waals surface area contributed by atoms with Gasteiger partial charge in [-0.25, -0.2) is 0 Å². The monoisotopic (exact) mass is 404 g/mol. The van der Waals surface area contributed by atoms with Gasteiger partial charge in [-0.2, -0.15) is 0 Å². The van der Waals surface area contributed by atoms with Gasteiger partial charge in [-0.3, -0.25) is 4.99 Å². The van der Waals surface area contributed by atoms with Gasteiger partial charge in [0, 0.05) is 19.0 Å². The zero-order chi connectivity index (χ0) is 20.8. The molecular weight excluding hydrogens is 372 g/mol. The van der Waals surface area contributed by atoms with E-state index in [9.17, 15) is 0 Å². The number of aliphatic imine (C=N–C) groups is 1. The van der Waals surface area contributed by atoms with Gasteiger partial charge in [0.2, 0.25) is 0 Å². The van der Waals surface area contributed by atoms with Crippen LogP contribution in [-0.4, -0.2) is 33.3 Å². The highest BCUT2D eigenvalue weighted by Crippen LogP contribution is 2.21. The maximum atomic E-state index is 4.88. The van der Waals surface area contributed by atoms with Crippen molar-refractivity contribution < 1.29 is 0 Å². The van der Waals surface area contributed by atoms with Gasteiger partial charge in [0.1, 0.15) is 12.2 Å². The molecule has 1 unspecified atom stereocenters. The molecule has 6 heteroatoms. The number of hydrogen-bond donors (Lipinski definition) is 2. The number of guanidine groups is 1. The maximum absolute atomic E-state index is 4.88. The molecule has 1 atom stereocenters. The van der Waals surface area contributed by atoms with Gasteiger partial charge in [0.15, 0.2) is 5.96 Å². The summed E-state index contributed by atoms with van der Waals surface area (Å²) < 4.78 is 2.09. The third kappa shape index (κ3) is 4.99. The highest BCUT2D eigenvalue weighted by Gasteiger charge is 2.17. The van der Waals surface area contributed by atoms with E-state index in [4.69, 9.17) is 4.99 Å². The van der Waals surface area contributed by atoms with Crippen LogP contribution in [0.4, 0.5) is 0 Å². The molecule has 1 aliphatic rings. The third-order valence-corrected chi connectivity index (χ3v) is 5.95. The minimum atomic E-state index is 0.170. The second kappa shape index (κ2) is 9.74. The lowest BCUT2D eigenvalue weighted by Gasteiger charge is -2.22. The van der Waals surface area contributed by atoms with Crippen molar-refractivity contribution >= 4 is 16.7 Å². The summed E-state index contributed by atoms with van der Waals surface area (Å²) in [6.07, 6.45) is 7.71. The van der Waals surface area contributed by atoms with Gasteiger partial charge < -0.3 is 15.2 Å². The summed E-state index contributed by atoms with van der Waals surface area (Å²) in [5, 5.41) is 18.0. The predicted octanol–water partition coefficient (Wildman–Crippen LogP) is 4.23. The van der Waals surface area contributed by atoms with Crippen LogP contribution in [0.25, 0.3) is 10.8 Å². The van der Waals surface area contributed by atoms with E-state index < -0.39 is 0 Å². The van der Waals surface area contributed by atoms with Gasteiger partial charge in [0.25, 0.3) is 0 Å². The van der Waals surface area contributed by atoms with Crippen LogP contribution >= 0.6 is 0 Å². The first kappa shape index (κ1) is 20.4. The van der Waals surface area contributed by atoms with E-state index >= 15 is 0 Å². The molecule has 1 heterocycles. The maximum Gasteiger partial charge on any atom is 0.192 e. The Morgan fingerprint density at radius 1 is 1.17 bits per heavy atom. The smallest absolute Gasteiger partial charge is 0.192 e. The summed E-state index contributed by atoms with van der Waals surface area (Å²) in [5.41, 5.74) is 1.27. The number of nitrogens with one attached hydrogen (secondary N) is 2. The van der Waals surface area contributed by atoms with Gasteiger partial charge in [0.05, 0.1) is 12.6 Å². The molecule has 158 valence electrons. The van der Waals surface area contributed by atoms with Crippen molar-refractivity contribution in [2.75, 3.05) is 6.54 Å². The highest BCUT2D eigenvalue weighted by molar-refractivity contribution is 5.84. The molecule has 1 aliphatic carbocycles. The second-order valence-corrected chi connectivity index (χ2v) is 8.12. The van der Waals surface area contributed by atoms with Crippen molar-refractivity contribution in [2.45, 2.75) is 64.6 Å². The lowest BCUT2D eigenvalue weighted by Crippen LogP contribution is -2.43. The van der Waals surface area contributed by atoms with Crippen molar-refractivity contribution in [3.63, 3.8) is 0 Å². The van der Waals surface area contributed by atoms with Gasteiger partial charge in [-0.05, 0) is 42.2 Å². The van der Waals surface area contributed by atoms with E-state index in [-0.39, 0.29) is 6.04 Å². The second-order valence-electron chi connectivity index (χ2n) is 8.12. The molecule has 4 rings (SSSR count). The summed E-state index contributed by atoms with van der Waals surface area (Å²) in [5.74, 6) is 1.90. The average Bonchev–Trinajstić information content (AvgIpc) is 3.45. The highest BCUT2D eigenvalue weighted by atomic mass is 15.3. The van der Waals surface area contributed by atoms with Crippen molar-refractivity contribution in [1.82, 2.24) is 25.4 Å². The number of rotatable bonds is 7. The molecule has 2 N–H and O–H groups in total. The quantitative estimate of drug-likeness (QED) is 0.457. The molecule has 0 bridgehead atoms. The molecule has 6 nitrogen and oxygen atoms in total. The molecule has 0 saturated heterocycles. The summed E-state index contributed by atoms with van der Waals surface area (Å²) in [4.78, 5) is 4.88. The van der Waals surface area contributed by atoms with Gasteiger partial charge >= 0.3 is 0 Å². The number of benzene rings is 2. The van der Waals surface area contributed by atoms with Gasteiger partial charge in [-0.15, -0.1) is 10.2 Å². The Morgan fingerprint density at radius 3 is 2.77 bits per heavy atom. The minimum absolute atomic E-state index is 0.170. The molecule has 1 aromatic heterocycles. The zero-order valence-electron chi connectivity index (χ0n) is 18.0. The minimum Gasteiger partial charge on any atom is -0.354 e. The Bertz CT molecular complexity index is 986. The standard InChI is InChI=1S/C24H32N6/c1-3-23-29-26-17-30(23)15-14-25-24(28-22-10-6-7-11-22)27-18(2)20-13-12-19-8-4-5-9-21(19)16-20/h4-5,8-9,12-13,16-18,22H,3,6-7,10-11,14-15H2,1-2H3,(H2,25,27,28). The third-order valence-electron chi connectivity index (χ3n) is 5.95. The van der Waals surface area contributed by atoms with Crippen LogP contribution in [-0.2, 0) is 13.0 Å².